The van der Waals surface area contributed by atoms with E-state index in [2.05, 4.69) is 10.6 Å². The van der Waals surface area contributed by atoms with Crippen LogP contribution in [0.2, 0.25) is 5.02 Å². The zero-order valence-electron chi connectivity index (χ0n) is 14.3. The first kappa shape index (κ1) is 17.1. The molecule has 26 heavy (non-hydrogen) atoms. The second-order valence-corrected chi connectivity index (χ2v) is 7.13. The van der Waals surface area contributed by atoms with Crippen molar-refractivity contribution in [2.45, 2.75) is 12.5 Å². The van der Waals surface area contributed by atoms with Crippen molar-refractivity contribution in [3.05, 3.63) is 58.0 Å². The van der Waals surface area contributed by atoms with Crippen LogP contribution in [0.5, 0.6) is 0 Å². The highest BCUT2D eigenvalue weighted by Crippen LogP contribution is 2.44. The summed E-state index contributed by atoms with van der Waals surface area (Å²) in [6, 6.07) is 8.99. The molecular weight excluding hydrogens is 356 g/mol. The lowest BCUT2D eigenvalue weighted by Gasteiger charge is -2.08. The Morgan fingerprint density at radius 3 is 2.65 bits per heavy atom. The number of carbonyl (C=O) groups is 2. The standard InChI is InChI=1S/C19H19ClN2O4/c1-21-19(24)16-7-12(18(23)22-17-13-8-25-9-14(13)17)15(26-16)6-10-3-2-4-11(20)5-10/h2-5,7,13-14,17H,6,8-9H2,1H3,(H,21,24)(H,22,23). The van der Waals surface area contributed by atoms with E-state index in [1.54, 1.807) is 6.07 Å². The van der Waals surface area contributed by atoms with Gasteiger partial charge in [0, 0.05) is 42.4 Å². The van der Waals surface area contributed by atoms with E-state index in [0.717, 1.165) is 5.56 Å². The molecule has 2 aliphatic rings. The molecule has 2 aromatic rings. The van der Waals surface area contributed by atoms with Gasteiger partial charge in [-0.25, -0.2) is 0 Å². The van der Waals surface area contributed by atoms with Crippen LogP contribution < -0.4 is 10.6 Å². The zero-order chi connectivity index (χ0) is 18.3. The quantitative estimate of drug-likeness (QED) is 0.841. The van der Waals surface area contributed by atoms with E-state index in [9.17, 15) is 9.59 Å². The van der Waals surface area contributed by atoms with Gasteiger partial charge in [0.05, 0.1) is 18.8 Å². The summed E-state index contributed by atoms with van der Waals surface area (Å²) in [6.07, 6.45) is 0.376. The minimum atomic E-state index is -0.368. The molecule has 0 bridgehead atoms. The highest BCUT2D eigenvalue weighted by Gasteiger charge is 2.54. The summed E-state index contributed by atoms with van der Waals surface area (Å²) >= 11 is 6.04. The van der Waals surface area contributed by atoms with Crippen LogP contribution in [-0.4, -0.2) is 38.1 Å². The first-order valence-electron chi connectivity index (χ1n) is 8.54. The zero-order valence-corrected chi connectivity index (χ0v) is 15.0. The van der Waals surface area contributed by atoms with Crippen molar-refractivity contribution in [1.29, 1.82) is 0 Å². The summed E-state index contributed by atoms with van der Waals surface area (Å²) in [6.45, 7) is 1.39. The van der Waals surface area contributed by atoms with E-state index in [1.165, 1.54) is 13.1 Å². The van der Waals surface area contributed by atoms with Gasteiger partial charge in [-0.2, -0.15) is 0 Å². The van der Waals surface area contributed by atoms with Crippen molar-refractivity contribution in [2.75, 3.05) is 20.3 Å². The van der Waals surface area contributed by atoms with Crippen LogP contribution in [-0.2, 0) is 11.2 Å². The van der Waals surface area contributed by atoms with Gasteiger partial charge < -0.3 is 19.8 Å². The van der Waals surface area contributed by atoms with E-state index in [0.29, 0.717) is 47.8 Å². The lowest BCUT2D eigenvalue weighted by Crippen LogP contribution is -2.30. The number of benzene rings is 1. The molecule has 1 saturated heterocycles. The van der Waals surface area contributed by atoms with Gasteiger partial charge in [0.25, 0.3) is 11.8 Å². The van der Waals surface area contributed by atoms with Gasteiger partial charge in [0.15, 0.2) is 5.76 Å². The van der Waals surface area contributed by atoms with Crippen molar-refractivity contribution < 1.29 is 18.7 Å². The average molecular weight is 375 g/mol. The number of carbonyl (C=O) groups excluding carboxylic acids is 2. The van der Waals surface area contributed by atoms with E-state index < -0.39 is 0 Å². The lowest BCUT2D eigenvalue weighted by molar-refractivity contribution is 0.0920. The lowest BCUT2D eigenvalue weighted by atomic mass is 10.1. The first-order valence-corrected chi connectivity index (χ1v) is 8.92. The third-order valence-electron chi connectivity index (χ3n) is 5.01. The van der Waals surface area contributed by atoms with Crippen LogP contribution in [0.1, 0.15) is 32.2 Å². The SMILES string of the molecule is CNC(=O)c1cc(C(=O)NC2C3COCC32)c(Cc2cccc(Cl)c2)o1. The highest BCUT2D eigenvalue weighted by atomic mass is 35.5. The van der Waals surface area contributed by atoms with Crippen molar-refractivity contribution in [3.8, 4) is 0 Å². The summed E-state index contributed by atoms with van der Waals surface area (Å²) in [5.74, 6) is 0.786. The molecule has 1 saturated carbocycles. The molecule has 7 heteroatoms. The smallest absolute Gasteiger partial charge is 0.286 e. The summed E-state index contributed by atoms with van der Waals surface area (Å²) in [5, 5.41) is 6.17. The van der Waals surface area contributed by atoms with Gasteiger partial charge in [-0.15, -0.1) is 0 Å². The van der Waals surface area contributed by atoms with Crippen LogP contribution in [0.4, 0.5) is 0 Å². The Morgan fingerprint density at radius 2 is 1.96 bits per heavy atom. The number of rotatable bonds is 5. The van der Waals surface area contributed by atoms with Crippen molar-refractivity contribution in [1.82, 2.24) is 10.6 Å². The molecule has 2 unspecified atom stereocenters. The highest BCUT2D eigenvalue weighted by molar-refractivity contribution is 6.30. The van der Waals surface area contributed by atoms with Gasteiger partial charge >= 0.3 is 0 Å². The second-order valence-electron chi connectivity index (χ2n) is 6.70. The number of fused-ring (bicyclic) bond motifs is 1. The molecule has 2 fully saturated rings. The summed E-state index contributed by atoms with van der Waals surface area (Å²) in [7, 11) is 1.52. The number of hydrogen-bond donors (Lipinski definition) is 2. The first-order chi connectivity index (χ1) is 12.6. The van der Waals surface area contributed by atoms with Crippen molar-refractivity contribution in [2.24, 2.45) is 11.8 Å². The molecule has 136 valence electrons. The third kappa shape index (κ3) is 3.22. The van der Waals surface area contributed by atoms with Crippen LogP contribution in [0.3, 0.4) is 0 Å². The molecule has 1 aromatic carbocycles. The number of furan rings is 1. The molecule has 0 radical (unpaired) electrons. The molecule has 2 atom stereocenters. The van der Waals surface area contributed by atoms with Gasteiger partial charge in [-0.1, -0.05) is 23.7 Å². The molecule has 2 heterocycles. The van der Waals surface area contributed by atoms with E-state index in [4.69, 9.17) is 20.8 Å². The fourth-order valence-electron chi connectivity index (χ4n) is 3.50. The van der Waals surface area contributed by atoms with Crippen LogP contribution in [0.25, 0.3) is 0 Å². The number of nitrogens with one attached hydrogen (secondary N) is 2. The largest absolute Gasteiger partial charge is 0.455 e. The Morgan fingerprint density at radius 1 is 1.19 bits per heavy atom. The molecule has 1 aliphatic heterocycles. The topological polar surface area (TPSA) is 80.6 Å². The Labute approximate surface area is 155 Å². The van der Waals surface area contributed by atoms with Crippen LogP contribution >= 0.6 is 11.6 Å². The van der Waals surface area contributed by atoms with Gasteiger partial charge in [-0.3, -0.25) is 9.59 Å². The maximum absolute atomic E-state index is 12.8. The van der Waals surface area contributed by atoms with E-state index in [1.807, 2.05) is 18.2 Å². The minimum absolute atomic E-state index is 0.119. The molecule has 1 aliphatic carbocycles. The third-order valence-corrected chi connectivity index (χ3v) is 5.24. The van der Waals surface area contributed by atoms with Crippen molar-refractivity contribution in [3.63, 3.8) is 0 Å². The molecule has 4 rings (SSSR count). The molecule has 2 N–H and O–H groups in total. The molecule has 6 nitrogen and oxygen atoms in total. The maximum atomic E-state index is 12.8. The van der Waals surface area contributed by atoms with Gasteiger partial charge in [-0.05, 0) is 17.7 Å². The van der Waals surface area contributed by atoms with E-state index in [-0.39, 0.29) is 23.6 Å². The summed E-state index contributed by atoms with van der Waals surface area (Å²) in [4.78, 5) is 24.7. The predicted molar refractivity (Wildman–Crippen MR) is 95.4 cm³/mol. The summed E-state index contributed by atoms with van der Waals surface area (Å²) < 4.78 is 11.0. The molecule has 0 spiro atoms. The number of amides is 2. The fourth-order valence-corrected chi connectivity index (χ4v) is 3.72. The van der Waals surface area contributed by atoms with Crippen LogP contribution in [0.15, 0.2) is 34.7 Å². The number of hydrogen-bond acceptors (Lipinski definition) is 4. The Hall–Kier alpha value is -2.31. The Balaban J connectivity index is 1.58. The van der Waals surface area contributed by atoms with Gasteiger partial charge in [0.1, 0.15) is 5.76 Å². The second kappa shape index (κ2) is 6.78. The minimum Gasteiger partial charge on any atom is -0.455 e. The fraction of sp³-hybridized carbons (Fsp3) is 0.368. The number of ether oxygens (including phenoxy) is 1. The Bertz CT molecular complexity index is 853. The van der Waals surface area contributed by atoms with Crippen LogP contribution in [0, 0.1) is 11.8 Å². The monoisotopic (exact) mass is 374 g/mol. The normalized spacial score (nSPS) is 23.4. The summed E-state index contributed by atoms with van der Waals surface area (Å²) in [5.41, 5.74) is 1.29. The van der Waals surface area contributed by atoms with E-state index >= 15 is 0 Å². The van der Waals surface area contributed by atoms with Crippen molar-refractivity contribution >= 4 is 23.4 Å². The molecule has 2 amide bonds. The average Bonchev–Trinajstić information content (AvgIpc) is 3.00. The molecule has 1 aromatic heterocycles. The maximum Gasteiger partial charge on any atom is 0.286 e. The number of halogens is 1. The molecular formula is C19H19ClN2O4. The predicted octanol–water partition coefficient (Wildman–Crippen LogP) is 2.26. The van der Waals surface area contributed by atoms with Gasteiger partial charge in [0.2, 0.25) is 0 Å². The Kier molecular flexibility index (Phi) is 4.46.